The van der Waals surface area contributed by atoms with Gasteiger partial charge in [0.2, 0.25) is 5.91 Å². The monoisotopic (exact) mass is 426 g/mol. The smallest absolute Gasteiger partial charge is 0.230 e. The molecule has 8 heteroatoms. The molecule has 1 amide bonds. The van der Waals surface area contributed by atoms with Gasteiger partial charge in [0.25, 0.3) is 0 Å². The molecule has 0 aliphatic carbocycles. The Labute approximate surface area is 175 Å². The number of nitrogens with one attached hydrogen (secondary N) is 1. The van der Waals surface area contributed by atoms with Crippen molar-refractivity contribution in [2.24, 2.45) is 0 Å². The molecule has 0 saturated carbocycles. The van der Waals surface area contributed by atoms with Crippen molar-refractivity contribution < 1.29 is 4.79 Å². The fourth-order valence-electron chi connectivity index (χ4n) is 2.55. The SMILES string of the molecule is Cc1ccc2nc(CSCC(=O)NCCc3ccc(N)cc3)cn2c1.Cl.Cl. The van der Waals surface area contributed by atoms with Gasteiger partial charge in [-0.15, -0.1) is 36.6 Å². The number of hydrogen-bond donors (Lipinski definition) is 2. The van der Waals surface area contributed by atoms with Gasteiger partial charge in [-0.1, -0.05) is 18.2 Å². The Morgan fingerprint density at radius 1 is 1.15 bits per heavy atom. The lowest BCUT2D eigenvalue weighted by Crippen LogP contribution is -2.27. The van der Waals surface area contributed by atoms with Crippen LogP contribution in [0.25, 0.3) is 5.65 Å². The van der Waals surface area contributed by atoms with E-state index in [1.54, 1.807) is 11.8 Å². The number of nitrogens with two attached hydrogens (primary N) is 1. The molecule has 2 heterocycles. The van der Waals surface area contributed by atoms with Crippen LogP contribution in [0.4, 0.5) is 5.69 Å². The topological polar surface area (TPSA) is 72.4 Å². The molecule has 0 aliphatic rings. The van der Waals surface area contributed by atoms with Crippen molar-refractivity contribution in [3.63, 3.8) is 0 Å². The van der Waals surface area contributed by atoms with Crippen molar-refractivity contribution in [2.45, 2.75) is 19.1 Å². The van der Waals surface area contributed by atoms with Crippen LogP contribution in [0.5, 0.6) is 0 Å². The van der Waals surface area contributed by atoms with Gasteiger partial charge in [-0.25, -0.2) is 4.98 Å². The normalized spacial score (nSPS) is 10.1. The molecule has 0 fully saturated rings. The van der Waals surface area contributed by atoms with Gasteiger partial charge < -0.3 is 15.5 Å². The van der Waals surface area contributed by atoms with Gasteiger partial charge in [0.15, 0.2) is 0 Å². The van der Waals surface area contributed by atoms with Crippen LogP contribution < -0.4 is 11.1 Å². The maximum atomic E-state index is 11.9. The third kappa shape index (κ3) is 6.97. The Balaban J connectivity index is 0.00000182. The van der Waals surface area contributed by atoms with E-state index in [1.165, 1.54) is 11.1 Å². The number of anilines is 1. The van der Waals surface area contributed by atoms with Crippen LogP contribution in [0, 0.1) is 6.92 Å². The highest BCUT2D eigenvalue weighted by Crippen LogP contribution is 2.13. The standard InChI is InChI=1S/C19H22N4OS.2ClH/c1-14-2-7-18-22-17(11-23(18)10-14)12-25-13-19(24)21-9-8-15-3-5-16(20)6-4-15;;/h2-7,10-11H,8-9,12-13,20H2,1H3,(H,21,24);2*1H. The van der Waals surface area contributed by atoms with E-state index in [0.717, 1.165) is 29.2 Å². The predicted octanol–water partition coefficient (Wildman–Crippen LogP) is 3.66. The number of thioether (sulfide) groups is 1. The lowest BCUT2D eigenvalue weighted by Gasteiger charge is -2.05. The lowest BCUT2D eigenvalue weighted by molar-refractivity contribution is -0.118. The molecule has 0 bridgehead atoms. The van der Waals surface area contributed by atoms with Gasteiger partial charge in [0, 0.05) is 30.4 Å². The highest BCUT2D eigenvalue weighted by Gasteiger charge is 2.05. The molecule has 1 aromatic carbocycles. The molecular formula is C19H24Cl2N4OS. The van der Waals surface area contributed by atoms with E-state index in [2.05, 4.69) is 23.4 Å². The van der Waals surface area contributed by atoms with Gasteiger partial charge in [0.1, 0.15) is 5.65 Å². The first-order valence-corrected chi connectivity index (χ1v) is 9.39. The second kappa shape index (κ2) is 11.1. The van der Waals surface area contributed by atoms with Crippen LogP contribution in [0.1, 0.15) is 16.8 Å². The molecule has 0 spiro atoms. The molecule has 2 aromatic heterocycles. The number of imidazole rings is 1. The van der Waals surface area contributed by atoms with Crippen molar-refractivity contribution in [1.82, 2.24) is 14.7 Å². The van der Waals surface area contributed by atoms with Crippen LogP contribution in [-0.2, 0) is 17.0 Å². The van der Waals surface area contributed by atoms with Crippen LogP contribution in [0.15, 0.2) is 48.8 Å². The number of rotatable bonds is 7. The zero-order valence-electron chi connectivity index (χ0n) is 15.1. The summed E-state index contributed by atoms with van der Waals surface area (Å²) >= 11 is 1.58. The van der Waals surface area contributed by atoms with Crippen molar-refractivity contribution >= 4 is 53.8 Å². The van der Waals surface area contributed by atoms with Gasteiger partial charge in [-0.3, -0.25) is 4.79 Å². The summed E-state index contributed by atoms with van der Waals surface area (Å²) < 4.78 is 2.03. The predicted molar refractivity (Wildman–Crippen MR) is 118 cm³/mol. The van der Waals surface area contributed by atoms with Gasteiger partial charge in [-0.2, -0.15) is 0 Å². The fraction of sp³-hybridized carbons (Fsp3) is 0.263. The number of aryl methyl sites for hydroxylation is 1. The lowest BCUT2D eigenvalue weighted by atomic mass is 10.1. The van der Waals surface area contributed by atoms with Gasteiger partial charge in [0.05, 0.1) is 11.4 Å². The Morgan fingerprint density at radius 3 is 2.63 bits per heavy atom. The number of pyridine rings is 1. The number of nitrogen functional groups attached to an aromatic ring is 1. The minimum absolute atomic E-state index is 0. The molecule has 27 heavy (non-hydrogen) atoms. The number of nitrogens with zero attached hydrogens (tertiary/aromatic N) is 2. The minimum atomic E-state index is 0. The van der Waals surface area contributed by atoms with Crippen molar-refractivity contribution in [2.75, 3.05) is 18.0 Å². The molecule has 0 aliphatic heterocycles. The van der Waals surface area contributed by atoms with E-state index in [9.17, 15) is 4.79 Å². The highest BCUT2D eigenvalue weighted by atomic mass is 35.5. The maximum Gasteiger partial charge on any atom is 0.230 e. The van der Waals surface area contributed by atoms with Gasteiger partial charge in [-0.05, 0) is 42.7 Å². The van der Waals surface area contributed by atoms with Crippen molar-refractivity contribution in [3.05, 3.63) is 65.6 Å². The summed E-state index contributed by atoms with van der Waals surface area (Å²) in [5.74, 6) is 1.22. The van der Waals surface area contributed by atoms with Crippen LogP contribution in [0.3, 0.4) is 0 Å². The second-order valence-corrected chi connectivity index (χ2v) is 7.02. The molecule has 0 atom stereocenters. The number of carbonyl (C=O) groups excluding carboxylic acids is 1. The average Bonchev–Trinajstić information content (AvgIpc) is 2.98. The highest BCUT2D eigenvalue weighted by molar-refractivity contribution is 7.99. The molecule has 0 radical (unpaired) electrons. The zero-order valence-corrected chi connectivity index (χ0v) is 17.5. The van der Waals surface area contributed by atoms with Crippen LogP contribution >= 0.6 is 36.6 Å². The van der Waals surface area contributed by atoms with E-state index < -0.39 is 0 Å². The summed E-state index contributed by atoms with van der Waals surface area (Å²) in [6.07, 6.45) is 4.89. The number of halogens is 2. The number of benzene rings is 1. The Morgan fingerprint density at radius 2 is 1.89 bits per heavy atom. The minimum Gasteiger partial charge on any atom is -0.399 e. The first-order valence-electron chi connectivity index (χ1n) is 8.23. The number of amides is 1. The number of carbonyl (C=O) groups is 1. The van der Waals surface area contributed by atoms with E-state index in [1.807, 2.05) is 47.0 Å². The molecule has 146 valence electrons. The quantitative estimate of drug-likeness (QED) is 0.565. The summed E-state index contributed by atoms with van der Waals surface area (Å²) in [5.41, 5.74) is 10.7. The Hall–Kier alpha value is -1.89. The third-order valence-corrected chi connectivity index (χ3v) is 4.81. The summed E-state index contributed by atoms with van der Waals surface area (Å²) in [4.78, 5) is 16.5. The molecule has 3 aromatic rings. The number of fused-ring (bicyclic) bond motifs is 1. The molecule has 5 nitrogen and oxygen atoms in total. The Bertz CT molecular complexity index is 868. The largest absolute Gasteiger partial charge is 0.399 e. The van der Waals surface area contributed by atoms with Crippen LogP contribution in [-0.4, -0.2) is 27.6 Å². The average molecular weight is 427 g/mol. The van der Waals surface area contributed by atoms with Crippen molar-refractivity contribution in [1.29, 1.82) is 0 Å². The fourth-order valence-corrected chi connectivity index (χ4v) is 3.29. The maximum absolute atomic E-state index is 11.9. The molecule has 0 unspecified atom stereocenters. The van der Waals surface area contributed by atoms with E-state index in [4.69, 9.17) is 5.73 Å². The first kappa shape index (κ1) is 23.1. The number of hydrogen-bond acceptors (Lipinski definition) is 4. The van der Waals surface area contributed by atoms with Gasteiger partial charge >= 0.3 is 0 Å². The van der Waals surface area contributed by atoms with E-state index in [0.29, 0.717) is 12.3 Å². The Kier molecular flexibility index (Phi) is 9.49. The van der Waals surface area contributed by atoms with E-state index in [-0.39, 0.29) is 30.7 Å². The summed E-state index contributed by atoms with van der Waals surface area (Å²) in [6, 6.07) is 11.8. The van der Waals surface area contributed by atoms with E-state index >= 15 is 0 Å². The summed E-state index contributed by atoms with van der Waals surface area (Å²) in [6.45, 7) is 2.69. The summed E-state index contributed by atoms with van der Waals surface area (Å²) in [7, 11) is 0. The second-order valence-electron chi connectivity index (χ2n) is 6.04. The van der Waals surface area contributed by atoms with Crippen LogP contribution in [0.2, 0.25) is 0 Å². The molecule has 0 saturated heterocycles. The molecule has 3 rings (SSSR count). The number of aromatic nitrogens is 2. The first-order chi connectivity index (χ1) is 12.1. The zero-order chi connectivity index (χ0) is 17.6. The molecular weight excluding hydrogens is 403 g/mol. The van der Waals surface area contributed by atoms with Crippen molar-refractivity contribution in [3.8, 4) is 0 Å². The summed E-state index contributed by atoms with van der Waals surface area (Å²) in [5, 5.41) is 2.95. The third-order valence-electron chi connectivity index (χ3n) is 3.85. The molecule has 3 N–H and O–H groups in total.